The predicted octanol–water partition coefficient (Wildman–Crippen LogP) is 14.6. The van der Waals surface area contributed by atoms with Gasteiger partial charge in [0.2, 0.25) is 0 Å². The molecule has 8 aromatic rings. The average molecular weight is 971 g/mol. The van der Waals surface area contributed by atoms with Crippen LogP contribution in [0.5, 0.6) is 11.5 Å². The van der Waals surface area contributed by atoms with Crippen molar-refractivity contribution in [1.82, 2.24) is 30.4 Å². The summed E-state index contributed by atoms with van der Waals surface area (Å²) in [5.74, 6) is -15.2. The number of aromatic nitrogens is 6. The monoisotopic (exact) mass is 970 g/mol. The smallest absolute Gasteiger partial charge is 0.380 e. The predicted molar refractivity (Wildman–Crippen MR) is 243 cm³/mol. The van der Waals surface area contributed by atoms with Crippen molar-refractivity contribution in [2.45, 2.75) is 95.8 Å². The maximum absolute atomic E-state index is 16.7. The largest absolute Gasteiger partial charge is 0.497 e. The van der Waals surface area contributed by atoms with Crippen LogP contribution in [0.1, 0.15) is 86.1 Å². The third-order valence-electron chi connectivity index (χ3n) is 11.2. The van der Waals surface area contributed by atoms with E-state index >= 15 is 26.3 Å². The number of thiazole rings is 2. The lowest BCUT2D eigenvalue weighted by atomic mass is 9.93. The molecule has 10 nitrogen and oxygen atoms in total. The molecule has 6 aromatic heterocycles. The Morgan fingerprint density at radius 1 is 0.523 bits per heavy atom. The minimum Gasteiger partial charge on any atom is -0.497 e. The molecule has 0 atom stereocenters. The second-order valence-electron chi connectivity index (χ2n) is 15.5. The van der Waals surface area contributed by atoms with E-state index in [9.17, 15) is 0 Å². The molecule has 0 fully saturated rings. The fraction of sp³-hybridized carbons (Fsp3) is 0.378. The molecule has 0 saturated heterocycles. The lowest BCUT2D eigenvalue weighted by molar-refractivity contribution is -0.254. The minimum atomic E-state index is -5.78. The van der Waals surface area contributed by atoms with E-state index in [1.54, 1.807) is 50.6 Å². The lowest BCUT2D eigenvalue weighted by Gasteiger charge is -2.26. The zero-order valence-corrected chi connectivity index (χ0v) is 38.7. The van der Waals surface area contributed by atoms with Crippen LogP contribution in [-0.2, 0) is 12.8 Å². The van der Waals surface area contributed by atoms with E-state index in [0.717, 1.165) is 57.8 Å². The van der Waals surface area contributed by atoms with Crippen LogP contribution in [0.2, 0.25) is 0 Å². The van der Waals surface area contributed by atoms with Gasteiger partial charge in [0.15, 0.2) is 10.0 Å². The number of methoxy groups -OCH3 is 2. The summed E-state index contributed by atoms with van der Waals surface area (Å²) in [4.78, 5) is 9.91. The Labute approximate surface area is 384 Å². The van der Waals surface area contributed by atoms with E-state index in [0.29, 0.717) is 58.2 Å². The third kappa shape index (κ3) is 8.13. The number of alkyl halides is 6. The first kappa shape index (κ1) is 45.0. The van der Waals surface area contributed by atoms with E-state index in [2.05, 4.69) is 30.4 Å². The number of benzene rings is 2. The van der Waals surface area contributed by atoms with E-state index in [-0.39, 0.29) is 55.9 Å². The quantitative estimate of drug-likeness (QED) is 0.0607. The average Bonchev–Trinajstić information content (AvgIpc) is 4.15. The maximum atomic E-state index is 16.7. The van der Waals surface area contributed by atoms with E-state index in [1.165, 1.54) is 34.8 Å². The molecule has 1 aliphatic rings. The third-order valence-corrected chi connectivity index (χ3v) is 15.5. The molecular formula is C45H40F6N6O4S4. The molecule has 0 N–H and O–H groups in total. The van der Waals surface area contributed by atoms with Gasteiger partial charge in [0, 0.05) is 20.9 Å². The molecule has 20 heteroatoms. The van der Waals surface area contributed by atoms with Gasteiger partial charge in [0.05, 0.1) is 44.4 Å². The first-order chi connectivity index (χ1) is 31.3. The van der Waals surface area contributed by atoms with Gasteiger partial charge in [-0.1, -0.05) is 52.4 Å². The van der Waals surface area contributed by atoms with Crippen LogP contribution < -0.4 is 9.47 Å². The molecule has 0 bridgehead atoms. The molecule has 2 aromatic carbocycles. The van der Waals surface area contributed by atoms with Gasteiger partial charge in [-0.25, -0.2) is 9.97 Å². The van der Waals surface area contributed by atoms with E-state index < -0.39 is 40.0 Å². The molecule has 0 amide bonds. The highest BCUT2D eigenvalue weighted by atomic mass is 32.1. The zero-order valence-electron chi connectivity index (χ0n) is 35.4. The van der Waals surface area contributed by atoms with Crippen LogP contribution in [0.15, 0.2) is 57.4 Å². The minimum absolute atomic E-state index is 0.0369. The van der Waals surface area contributed by atoms with Crippen LogP contribution >= 0.6 is 45.3 Å². The van der Waals surface area contributed by atoms with Crippen LogP contribution in [0.4, 0.5) is 26.3 Å². The second kappa shape index (κ2) is 17.9. The summed E-state index contributed by atoms with van der Waals surface area (Å²) in [7, 11) is 3.09. The van der Waals surface area contributed by atoms with Gasteiger partial charge in [-0.3, -0.25) is 0 Å². The summed E-state index contributed by atoms with van der Waals surface area (Å²) in [6.45, 7) is 4.01. The summed E-state index contributed by atoms with van der Waals surface area (Å²) in [5.41, 5.74) is -2.40. The molecule has 0 aliphatic heterocycles. The Bertz CT molecular complexity index is 2840. The lowest BCUT2D eigenvalue weighted by Crippen LogP contribution is -2.49. The van der Waals surface area contributed by atoms with Crippen molar-refractivity contribution >= 4 is 76.9 Å². The molecule has 340 valence electrons. The standard InChI is InChI=1S/C45H40F6N6O4S4/c1-5-7-9-11-13-29-25(21-33(62-29)37-54-56-39(60-37)41-52-27-17-15-23(58-3)19-31(27)64-41)35-36(44(48,49)45(50,51)43(35,46)47)26-22-34(63-30(26)14-12-10-8-6-2)38-55-57-40(61-38)42-53-28-18-16-24(59-4)20-32(28)65-42/h15-22H,5-14H2,1-4H3. The Kier molecular flexibility index (Phi) is 12.4. The maximum Gasteiger partial charge on any atom is 0.380 e. The number of hydrogen-bond donors (Lipinski definition) is 0. The van der Waals surface area contributed by atoms with Gasteiger partial charge < -0.3 is 18.3 Å². The molecular weight excluding hydrogens is 931 g/mol. The number of fused-ring (bicyclic) bond motifs is 2. The number of unbranched alkanes of at least 4 members (excludes halogenated alkanes) is 6. The molecule has 65 heavy (non-hydrogen) atoms. The number of halogens is 6. The fourth-order valence-electron chi connectivity index (χ4n) is 7.79. The van der Waals surface area contributed by atoms with Crippen molar-refractivity contribution in [3.8, 4) is 54.8 Å². The SMILES string of the molecule is CCCCCCc1sc(-c2nnc(-c3nc4ccc(OC)cc4s3)o2)cc1C1=C(c2cc(-c3nnc(-c4nc5ccc(OC)cc5s4)o3)sc2CCCCCC)C(F)(F)C(F)(F)C1(F)F. The van der Waals surface area contributed by atoms with Gasteiger partial charge in [0.25, 0.3) is 23.6 Å². The molecule has 6 heterocycles. The summed E-state index contributed by atoms with van der Waals surface area (Å²) in [6, 6.07) is 13.1. The molecule has 1 aliphatic carbocycles. The van der Waals surface area contributed by atoms with Crippen LogP contribution in [0.3, 0.4) is 0 Å². The highest BCUT2D eigenvalue weighted by molar-refractivity contribution is 7.22. The summed E-state index contributed by atoms with van der Waals surface area (Å²) in [5, 5.41) is 17.4. The van der Waals surface area contributed by atoms with Crippen LogP contribution in [0.25, 0.3) is 74.9 Å². The van der Waals surface area contributed by atoms with Crippen molar-refractivity contribution in [2.24, 2.45) is 0 Å². The number of hydrogen-bond acceptors (Lipinski definition) is 14. The Morgan fingerprint density at radius 2 is 0.938 bits per heavy atom. The van der Waals surface area contributed by atoms with Gasteiger partial charge in [-0.2, -0.15) is 26.3 Å². The number of nitrogens with zero attached hydrogens (tertiary/aromatic N) is 6. The highest BCUT2D eigenvalue weighted by Gasteiger charge is 2.80. The van der Waals surface area contributed by atoms with Crippen LogP contribution in [-0.4, -0.2) is 62.3 Å². The van der Waals surface area contributed by atoms with Gasteiger partial charge in [0.1, 0.15) is 11.5 Å². The Morgan fingerprint density at radius 3 is 1.34 bits per heavy atom. The number of rotatable bonds is 18. The van der Waals surface area contributed by atoms with Gasteiger partial charge in [-0.05, 0) is 85.3 Å². The molecule has 0 unspecified atom stereocenters. The number of aryl methyl sites for hydroxylation is 2. The summed E-state index contributed by atoms with van der Waals surface area (Å²) < 4.78 is 123. The van der Waals surface area contributed by atoms with Crippen molar-refractivity contribution in [3.63, 3.8) is 0 Å². The van der Waals surface area contributed by atoms with Crippen molar-refractivity contribution < 1.29 is 44.7 Å². The Balaban J connectivity index is 1.17. The highest BCUT2D eigenvalue weighted by Crippen LogP contribution is 2.66. The number of thiophene rings is 2. The van der Waals surface area contributed by atoms with Gasteiger partial charge >= 0.3 is 17.8 Å². The van der Waals surface area contributed by atoms with Crippen molar-refractivity contribution in [3.05, 3.63) is 69.4 Å². The molecule has 0 saturated carbocycles. The fourth-order valence-corrected chi connectivity index (χ4v) is 11.9. The van der Waals surface area contributed by atoms with E-state index in [1.807, 2.05) is 13.8 Å². The molecule has 0 radical (unpaired) electrons. The van der Waals surface area contributed by atoms with Crippen molar-refractivity contribution in [1.29, 1.82) is 0 Å². The Hall–Kier alpha value is -5.18. The number of allylic oxidation sites excluding steroid dienone is 2. The normalized spacial score (nSPS) is 15.5. The first-order valence-electron chi connectivity index (χ1n) is 21.0. The second-order valence-corrected chi connectivity index (χ2v) is 19.9. The van der Waals surface area contributed by atoms with Crippen LogP contribution in [0, 0.1) is 0 Å². The van der Waals surface area contributed by atoms with Crippen molar-refractivity contribution in [2.75, 3.05) is 14.2 Å². The number of ether oxygens (including phenoxy) is 2. The molecule has 0 spiro atoms. The van der Waals surface area contributed by atoms with E-state index in [4.69, 9.17) is 18.3 Å². The first-order valence-corrected chi connectivity index (χ1v) is 24.3. The molecule has 9 rings (SSSR count). The summed E-state index contributed by atoms with van der Waals surface area (Å²) in [6.07, 6.45) is 6.14. The zero-order chi connectivity index (χ0) is 45.7. The topological polar surface area (TPSA) is 122 Å². The van der Waals surface area contributed by atoms with Gasteiger partial charge in [-0.15, -0.1) is 65.7 Å². The summed E-state index contributed by atoms with van der Waals surface area (Å²) >= 11 is 4.48.